The highest BCUT2D eigenvalue weighted by molar-refractivity contribution is 5.60. The van der Waals surface area contributed by atoms with E-state index in [9.17, 15) is 9.59 Å². The average molecular weight is 264 g/mol. The maximum absolute atomic E-state index is 11.7. The molecule has 19 heavy (non-hydrogen) atoms. The second-order valence-electron chi connectivity index (χ2n) is 4.02. The fourth-order valence-electron chi connectivity index (χ4n) is 1.84. The fraction of sp³-hybridized carbons (Fsp3) is 0.333. The molecule has 0 spiro atoms. The van der Waals surface area contributed by atoms with E-state index in [-0.39, 0.29) is 11.5 Å². The first-order valence-electron chi connectivity index (χ1n) is 6.02. The first kappa shape index (κ1) is 13.0. The van der Waals surface area contributed by atoms with Crippen molar-refractivity contribution >= 4 is 11.5 Å². The molecule has 0 amide bonds. The summed E-state index contributed by atoms with van der Waals surface area (Å²) < 4.78 is 6.49. The van der Waals surface area contributed by atoms with Gasteiger partial charge < -0.3 is 15.5 Å². The Morgan fingerprint density at radius 2 is 2.26 bits per heavy atom. The van der Waals surface area contributed by atoms with E-state index >= 15 is 0 Å². The minimum Gasteiger partial charge on any atom is -0.469 e. The minimum atomic E-state index is -0.508. The van der Waals surface area contributed by atoms with Gasteiger partial charge in [-0.05, 0) is 19.1 Å². The second-order valence-corrected chi connectivity index (χ2v) is 4.02. The fourth-order valence-corrected chi connectivity index (χ4v) is 1.84. The number of H-pyrrole nitrogens is 1. The SMILES string of the molecule is CCn1c(N)c(NCCc2ccco2)c(=O)[nH]c1=O. The quantitative estimate of drug-likeness (QED) is 0.724. The van der Waals surface area contributed by atoms with Gasteiger partial charge >= 0.3 is 5.69 Å². The van der Waals surface area contributed by atoms with Gasteiger partial charge in [-0.2, -0.15) is 0 Å². The maximum Gasteiger partial charge on any atom is 0.330 e. The van der Waals surface area contributed by atoms with Crippen molar-refractivity contribution in [2.24, 2.45) is 0 Å². The number of nitrogens with zero attached hydrogens (tertiary/aromatic N) is 1. The number of nitrogen functional groups attached to an aromatic ring is 1. The molecule has 102 valence electrons. The Bertz CT molecular complexity index is 655. The van der Waals surface area contributed by atoms with E-state index < -0.39 is 11.2 Å². The van der Waals surface area contributed by atoms with Gasteiger partial charge in [-0.3, -0.25) is 14.3 Å². The molecule has 2 heterocycles. The van der Waals surface area contributed by atoms with Crippen molar-refractivity contribution < 1.29 is 4.42 Å². The third-order valence-electron chi connectivity index (χ3n) is 2.81. The summed E-state index contributed by atoms with van der Waals surface area (Å²) in [6.45, 7) is 2.67. The van der Waals surface area contributed by atoms with E-state index in [2.05, 4.69) is 10.3 Å². The summed E-state index contributed by atoms with van der Waals surface area (Å²) >= 11 is 0. The van der Waals surface area contributed by atoms with Gasteiger partial charge in [0.15, 0.2) is 0 Å². The number of hydrogen-bond acceptors (Lipinski definition) is 5. The van der Waals surface area contributed by atoms with Crippen LogP contribution in [0, 0.1) is 0 Å². The summed E-state index contributed by atoms with van der Waals surface area (Å²) in [7, 11) is 0. The predicted octanol–water partition coefficient (Wildman–Crippen LogP) is 0.386. The highest BCUT2D eigenvalue weighted by Crippen LogP contribution is 2.10. The lowest BCUT2D eigenvalue weighted by Crippen LogP contribution is -2.34. The largest absolute Gasteiger partial charge is 0.469 e. The lowest BCUT2D eigenvalue weighted by molar-refractivity contribution is 0.513. The zero-order valence-electron chi connectivity index (χ0n) is 10.6. The molecule has 0 fully saturated rings. The summed E-state index contributed by atoms with van der Waals surface area (Å²) in [5.41, 5.74) is 5.02. The van der Waals surface area contributed by atoms with Gasteiger partial charge in [-0.25, -0.2) is 4.79 Å². The molecule has 2 aromatic rings. The molecule has 0 bridgehead atoms. The molecule has 0 aliphatic heterocycles. The van der Waals surface area contributed by atoms with Crippen molar-refractivity contribution in [2.75, 3.05) is 17.6 Å². The molecule has 2 rings (SSSR count). The summed E-state index contributed by atoms with van der Waals surface area (Å²) in [5, 5.41) is 2.93. The maximum atomic E-state index is 11.7. The third-order valence-corrected chi connectivity index (χ3v) is 2.81. The summed E-state index contributed by atoms with van der Waals surface area (Å²) in [4.78, 5) is 25.4. The number of aromatic amines is 1. The highest BCUT2D eigenvalue weighted by atomic mass is 16.3. The first-order valence-corrected chi connectivity index (χ1v) is 6.02. The molecule has 7 nitrogen and oxygen atoms in total. The molecule has 4 N–H and O–H groups in total. The van der Waals surface area contributed by atoms with Crippen LogP contribution in [0.1, 0.15) is 12.7 Å². The van der Waals surface area contributed by atoms with Gasteiger partial charge in [-0.1, -0.05) is 0 Å². The molecule has 0 aliphatic rings. The van der Waals surface area contributed by atoms with Crippen molar-refractivity contribution in [3.05, 3.63) is 45.0 Å². The van der Waals surface area contributed by atoms with Crippen LogP contribution in [0.2, 0.25) is 0 Å². The normalized spacial score (nSPS) is 10.6. The van der Waals surface area contributed by atoms with Crippen molar-refractivity contribution in [3.63, 3.8) is 0 Å². The van der Waals surface area contributed by atoms with Gasteiger partial charge in [0.2, 0.25) is 0 Å². The Balaban J connectivity index is 2.16. The molecular formula is C12H16N4O3. The smallest absolute Gasteiger partial charge is 0.330 e. The lowest BCUT2D eigenvalue weighted by Gasteiger charge is -2.11. The topological polar surface area (TPSA) is 106 Å². The molecule has 0 aliphatic carbocycles. The van der Waals surface area contributed by atoms with Crippen LogP contribution in [0.3, 0.4) is 0 Å². The zero-order valence-corrected chi connectivity index (χ0v) is 10.6. The molecule has 0 aromatic carbocycles. The number of hydrogen-bond donors (Lipinski definition) is 3. The van der Waals surface area contributed by atoms with Gasteiger partial charge in [0.25, 0.3) is 5.56 Å². The number of anilines is 2. The molecular weight excluding hydrogens is 248 g/mol. The number of nitrogens with one attached hydrogen (secondary N) is 2. The molecule has 0 radical (unpaired) electrons. The van der Waals surface area contributed by atoms with Crippen LogP contribution in [0.5, 0.6) is 0 Å². The molecule has 2 aromatic heterocycles. The summed E-state index contributed by atoms with van der Waals surface area (Å²) in [6, 6.07) is 3.65. The van der Waals surface area contributed by atoms with Crippen LogP contribution in [0.4, 0.5) is 11.5 Å². The average Bonchev–Trinajstić information content (AvgIpc) is 2.86. The van der Waals surface area contributed by atoms with Crippen LogP contribution < -0.4 is 22.3 Å². The molecule has 0 saturated carbocycles. The van der Waals surface area contributed by atoms with Gasteiger partial charge in [0, 0.05) is 19.5 Å². The number of furan rings is 1. The van der Waals surface area contributed by atoms with Gasteiger partial charge in [0.05, 0.1) is 6.26 Å². The van der Waals surface area contributed by atoms with Crippen LogP contribution in [-0.2, 0) is 13.0 Å². The van der Waals surface area contributed by atoms with E-state index in [1.165, 1.54) is 4.57 Å². The lowest BCUT2D eigenvalue weighted by atomic mass is 10.3. The Morgan fingerprint density at radius 1 is 1.47 bits per heavy atom. The molecule has 7 heteroatoms. The number of aromatic nitrogens is 2. The van der Waals surface area contributed by atoms with Crippen molar-refractivity contribution in [1.82, 2.24) is 9.55 Å². The predicted molar refractivity (Wildman–Crippen MR) is 72.3 cm³/mol. The van der Waals surface area contributed by atoms with Gasteiger partial charge in [-0.15, -0.1) is 0 Å². The van der Waals surface area contributed by atoms with Crippen molar-refractivity contribution in [3.8, 4) is 0 Å². The minimum absolute atomic E-state index is 0.149. The van der Waals surface area contributed by atoms with Crippen LogP contribution in [0.25, 0.3) is 0 Å². The number of nitrogens with two attached hydrogens (primary N) is 1. The zero-order chi connectivity index (χ0) is 13.8. The Kier molecular flexibility index (Phi) is 3.74. The molecule has 0 unspecified atom stereocenters. The van der Waals surface area contributed by atoms with E-state index in [0.29, 0.717) is 19.5 Å². The number of rotatable bonds is 5. The van der Waals surface area contributed by atoms with Crippen LogP contribution in [0.15, 0.2) is 32.4 Å². The third kappa shape index (κ3) is 2.70. The molecule has 0 saturated heterocycles. The summed E-state index contributed by atoms with van der Waals surface area (Å²) in [6.07, 6.45) is 2.21. The Hall–Kier alpha value is -2.44. The van der Waals surface area contributed by atoms with E-state index in [1.807, 2.05) is 6.07 Å². The monoisotopic (exact) mass is 264 g/mol. The van der Waals surface area contributed by atoms with E-state index in [1.54, 1.807) is 19.3 Å². The van der Waals surface area contributed by atoms with Crippen molar-refractivity contribution in [1.29, 1.82) is 0 Å². The summed E-state index contributed by atoms with van der Waals surface area (Å²) in [5.74, 6) is 0.960. The highest BCUT2D eigenvalue weighted by Gasteiger charge is 2.10. The Labute approximate surface area is 109 Å². The first-order chi connectivity index (χ1) is 9.13. The van der Waals surface area contributed by atoms with E-state index in [4.69, 9.17) is 10.2 Å². The van der Waals surface area contributed by atoms with Crippen LogP contribution in [-0.4, -0.2) is 16.1 Å². The van der Waals surface area contributed by atoms with Crippen molar-refractivity contribution in [2.45, 2.75) is 19.9 Å². The van der Waals surface area contributed by atoms with E-state index in [0.717, 1.165) is 5.76 Å². The second kappa shape index (κ2) is 5.47. The molecule has 0 atom stereocenters. The van der Waals surface area contributed by atoms with Crippen LogP contribution >= 0.6 is 0 Å². The Morgan fingerprint density at radius 3 is 2.89 bits per heavy atom. The van der Waals surface area contributed by atoms with Gasteiger partial charge in [0.1, 0.15) is 17.3 Å². The standard InChI is InChI=1S/C12H16N4O3/c1-2-16-10(13)9(11(17)15-12(16)18)14-6-5-8-4-3-7-19-8/h3-4,7,14H,2,5-6,13H2,1H3,(H,15,17,18).